The van der Waals surface area contributed by atoms with E-state index in [1.54, 1.807) is 0 Å². The van der Waals surface area contributed by atoms with Crippen molar-refractivity contribution >= 4 is 5.57 Å². The second-order valence-electron chi connectivity index (χ2n) is 5.67. The molecule has 0 saturated carbocycles. The zero-order chi connectivity index (χ0) is 15.0. The molecule has 0 amide bonds. The van der Waals surface area contributed by atoms with E-state index in [4.69, 9.17) is 0 Å². The number of piperidine rings is 1. The molecule has 5 heteroatoms. The molecule has 1 aromatic carbocycles. The van der Waals surface area contributed by atoms with Crippen molar-refractivity contribution in [1.82, 2.24) is 5.32 Å². The predicted octanol–water partition coefficient (Wildman–Crippen LogP) is 3.87. The first-order chi connectivity index (χ1) is 9.97. The fraction of sp³-hybridized carbons (Fsp3) is 0.438. The summed E-state index contributed by atoms with van der Waals surface area (Å²) in [5.74, 6) is 0. The van der Waals surface area contributed by atoms with Gasteiger partial charge in [0.15, 0.2) is 0 Å². The van der Waals surface area contributed by atoms with Crippen molar-refractivity contribution in [3.05, 3.63) is 41.0 Å². The fourth-order valence-electron chi connectivity index (χ4n) is 3.21. The van der Waals surface area contributed by atoms with E-state index < -0.39 is 11.7 Å². The molecule has 0 spiro atoms. The second-order valence-corrected chi connectivity index (χ2v) is 5.67. The summed E-state index contributed by atoms with van der Waals surface area (Å²) in [6.45, 7) is 0. The summed E-state index contributed by atoms with van der Waals surface area (Å²) in [6, 6.07) is 5.90. The fourth-order valence-corrected chi connectivity index (χ4v) is 3.21. The zero-order valence-corrected chi connectivity index (χ0v) is 11.4. The molecule has 2 heterocycles. The maximum Gasteiger partial charge on any atom is 0.416 e. The normalized spacial score (nSPS) is 25.1. The van der Waals surface area contributed by atoms with Crippen LogP contribution in [0.3, 0.4) is 0 Å². The molecule has 2 unspecified atom stereocenters. The molecule has 2 bridgehead atoms. The first kappa shape index (κ1) is 14.2. The van der Waals surface area contributed by atoms with Gasteiger partial charge in [-0.1, -0.05) is 12.5 Å². The summed E-state index contributed by atoms with van der Waals surface area (Å²) in [5.41, 5.74) is 0.923. The molecule has 0 aliphatic carbocycles. The molecule has 2 aliphatic heterocycles. The van der Waals surface area contributed by atoms with Crippen molar-refractivity contribution in [3.8, 4) is 6.07 Å². The monoisotopic (exact) mass is 292 g/mol. The van der Waals surface area contributed by atoms with Crippen LogP contribution in [0.5, 0.6) is 0 Å². The Hall–Kier alpha value is -1.80. The maximum atomic E-state index is 12.9. The smallest absolute Gasteiger partial charge is 0.307 e. The Bertz CT molecular complexity index is 625. The standard InChI is InChI=1S/C16H15F3N2/c17-16(18,19)12-5-4-10(9-20)15(8-12)11-6-13-2-1-3-14(7-11)21-13/h4-6,8,13-14,21H,1-3,7H2. The van der Waals surface area contributed by atoms with Gasteiger partial charge in [0.2, 0.25) is 0 Å². The molecule has 0 radical (unpaired) electrons. The lowest BCUT2D eigenvalue weighted by molar-refractivity contribution is -0.137. The molecule has 2 atom stereocenters. The highest BCUT2D eigenvalue weighted by molar-refractivity contribution is 5.73. The Labute approximate surface area is 121 Å². The summed E-state index contributed by atoms with van der Waals surface area (Å²) >= 11 is 0. The number of halogens is 3. The zero-order valence-electron chi connectivity index (χ0n) is 11.4. The summed E-state index contributed by atoms with van der Waals surface area (Å²) in [5, 5.41) is 12.6. The molecular weight excluding hydrogens is 277 g/mol. The number of nitriles is 1. The van der Waals surface area contributed by atoms with Crippen molar-refractivity contribution in [1.29, 1.82) is 5.26 Å². The Morgan fingerprint density at radius 2 is 2.05 bits per heavy atom. The van der Waals surface area contributed by atoms with Crippen molar-refractivity contribution in [3.63, 3.8) is 0 Å². The third-order valence-corrected chi connectivity index (χ3v) is 4.20. The van der Waals surface area contributed by atoms with Crippen LogP contribution in [-0.4, -0.2) is 12.1 Å². The number of nitrogens with zero attached hydrogens (tertiary/aromatic N) is 1. The first-order valence-corrected chi connectivity index (χ1v) is 7.06. The van der Waals surface area contributed by atoms with E-state index >= 15 is 0 Å². The van der Waals surface area contributed by atoms with Crippen LogP contribution >= 0.6 is 0 Å². The highest BCUT2D eigenvalue weighted by Gasteiger charge is 2.32. The van der Waals surface area contributed by atoms with Gasteiger partial charge in [-0.3, -0.25) is 0 Å². The molecule has 1 saturated heterocycles. The summed E-state index contributed by atoms with van der Waals surface area (Å²) < 4.78 is 38.7. The number of hydrogen-bond acceptors (Lipinski definition) is 2. The van der Waals surface area contributed by atoms with Crippen LogP contribution in [-0.2, 0) is 6.18 Å². The van der Waals surface area contributed by atoms with E-state index in [9.17, 15) is 18.4 Å². The van der Waals surface area contributed by atoms with E-state index in [-0.39, 0.29) is 6.04 Å². The largest absolute Gasteiger partial charge is 0.416 e. The Morgan fingerprint density at radius 3 is 2.71 bits per heavy atom. The maximum absolute atomic E-state index is 12.9. The number of nitrogens with one attached hydrogen (secondary N) is 1. The van der Waals surface area contributed by atoms with Gasteiger partial charge in [-0.2, -0.15) is 18.4 Å². The van der Waals surface area contributed by atoms with Gasteiger partial charge in [0.05, 0.1) is 17.2 Å². The molecule has 0 aromatic heterocycles. The lowest BCUT2D eigenvalue weighted by atomic mass is 9.83. The minimum Gasteiger partial charge on any atom is -0.307 e. The van der Waals surface area contributed by atoms with Crippen LogP contribution in [0, 0.1) is 11.3 Å². The average molecular weight is 292 g/mol. The van der Waals surface area contributed by atoms with Crippen molar-refractivity contribution in [2.45, 2.75) is 43.9 Å². The van der Waals surface area contributed by atoms with E-state index in [0.717, 1.165) is 37.0 Å². The highest BCUT2D eigenvalue weighted by Crippen LogP contribution is 2.36. The lowest BCUT2D eigenvalue weighted by Gasteiger charge is -2.35. The van der Waals surface area contributed by atoms with Crippen molar-refractivity contribution in [2.24, 2.45) is 0 Å². The van der Waals surface area contributed by atoms with Crippen LogP contribution in [0.15, 0.2) is 24.3 Å². The van der Waals surface area contributed by atoms with E-state index in [2.05, 4.69) is 5.32 Å². The molecule has 2 aliphatic rings. The summed E-state index contributed by atoms with van der Waals surface area (Å²) in [7, 11) is 0. The van der Waals surface area contributed by atoms with E-state index in [1.165, 1.54) is 6.07 Å². The molecule has 2 nitrogen and oxygen atoms in total. The van der Waals surface area contributed by atoms with Gasteiger partial charge in [-0.05, 0) is 48.6 Å². The molecule has 21 heavy (non-hydrogen) atoms. The van der Waals surface area contributed by atoms with Crippen LogP contribution in [0.2, 0.25) is 0 Å². The van der Waals surface area contributed by atoms with Crippen molar-refractivity contribution in [2.75, 3.05) is 0 Å². The number of hydrogen-bond donors (Lipinski definition) is 1. The average Bonchev–Trinajstić information content (AvgIpc) is 2.45. The third kappa shape index (κ3) is 2.81. The number of alkyl halides is 3. The van der Waals surface area contributed by atoms with Crippen LogP contribution in [0.25, 0.3) is 5.57 Å². The van der Waals surface area contributed by atoms with Gasteiger partial charge >= 0.3 is 6.18 Å². The molecule has 3 rings (SSSR count). The summed E-state index contributed by atoms with van der Waals surface area (Å²) in [4.78, 5) is 0. The van der Waals surface area contributed by atoms with Gasteiger partial charge in [0.25, 0.3) is 0 Å². The minimum absolute atomic E-state index is 0.216. The van der Waals surface area contributed by atoms with Crippen LogP contribution in [0.4, 0.5) is 13.2 Å². The number of rotatable bonds is 1. The van der Waals surface area contributed by atoms with E-state index in [0.29, 0.717) is 23.6 Å². The SMILES string of the molecule is N#Cc1ccc(C(F)(F)F)cc1C1=CC2CCCC(C1)N2. The topological polar surface area (TPSA) is 35.8 Å². The minimum atomic E-state index is -4.38. The van der Waals surface area contributed by atoms with Gasteiger partial charge in [0.1, 0.15) is 0 Å². The first-order valence-electron chi connectivity index (χ1n) is 7.06. The number of fused-ring (bicyclic) bond motifs is 2. The summed E-state index contributed by atoms with van der Waals surface area (Å²) in [6.07, 6.45) is 1.47. The van der Waals surface area contributed by atoms with Crippen molar-refractivity contribution < 1.29 is 13.2 Å². The molecule has 110 valence electrons. The predicted molar refractivity (Wildman–Crippen MR) is 73.3 cm³/mol. The highest BCUT2D eigenvalue weighted by atomic mass is 19.4. The van der Waals surface area contributed by atoms with Crippen LogP contribution < -0.4 is 5.32 Å². The second kappa shape index (κ2) is 5.19. The molecule has 1 N–H and O–H groups in total. The molecule has 1 aromatic rings. The van der Waals surface area contributed by atoms with Gasteiger partial charge < -0.3 is 5.32 Å². The lowest BCUT2D eigenvalue weighted by Crippen LogP contribution is -2.44. The molecular formula is C16H15F3N2. The van der Waals surface area contributed by atoms with Crippen LogP contribution in [0.1, 0.15) is 42.4 Å². The third-order valence-electron chi connectivity index (χ3n) is 4.20. The Kier molecular flexibility index (Phi) is 3.50. The number of benzene rings is 1. The van der Waals surface area contributed by atoms with Gasteiger partial charge in [-0.25, -0.2) is 0 Å². The quantitative estimate of drug-likeness (QED) is 0.852. The van der Waals surface area contributed by atoms with Gasteiger partial charge in [0, 0.05) is 12.1 Å². The van der Waals surface area contributed by atoms with E-state index in [1.807, 2.05) is 12.1 Å². The Morgan fingerprint density at radius 1 is 1.24 bits per heavy atom. The molecule has 1 fully saturated rings. The Balaban J connectivity index is 2.04. The van der Waals surface area contributed by atoms with Gasteiger partial charge in [-0.15, -0.1) is 0 Å².